The Morgan fingerprint density at radius 3 is 2.44 bits per heavy atom. The second kappa shape index (κ2) is 9.13. The molecule has 1 aliphatic heterocycles. The predicted octanol–water partition coefficient (Wildman–Crippen LogP) is 4.06. The van der Waals surface area contributed by atoms with Gasteiger partial charge in [0.25, 0.3) is 5.91 Å². The van der Waals surface area contributed by atoms with Gasteiger partial charge in [0.05, 0.1) is 12.7 Å². The summed E-state index contributed by atoms with van der Waals surface area (Å²) in [5.41, 5.74) is 4.14. The van der Waals surface area contributed by atoms with E-state index in [0.29, 0.717) is 17.2 Å². The summed E-state index contributed by atoms with van der Waals surface area (Å²) in [5.74, 6) is 1.15. The standard InChI is InChI=1S/C24H28N6O2/c1-5-29(6-2)19-11-7-17(8-12-19)22-21(16(3)27-24-25-15-26-30(22)24)23(31)28-18-9-13-20(32-4)14-10-18/h7-15,22H,5-6H2,1-4H3,(H,28,31)(H,25,26,27)/t22-/m0/s1. The highest BCUT2D eigenvalue weighted by Crippen LogP contribution is 2.36. The third-order valence-corrected chi connectivity index (χ3v) is 5.72. The van der Waals surface area contributed by atoms with Crippen molar-refractivity contribution in [2.24, 2.45) is 0 Å². The summed E-state index contributed by atoms with van der Waals surface area (Å²) >= 11 is 0. The molecule has 2 heterocycles. The van der Waals surface area contributed by atoms with E-state index < -0.39 is 6.04 Å². The molecule has 32 heavy (non-hydrogen) atoms. The van der Waals surface area contributed by atoms with Gasteiger partial charge in [0, 0.05) is 30.2 Å². The van der Waals surface area contributed by atoms with Crippen LogP contribution in [0.3, 0.4) is 0 Å². The van der Waals surface area contributed by atoms with Crippen LogP contribution in [0, 0.1) is 0 Å². The van der Waals surface area contributed by atoms with Gasteiger partial charge in [-0.2, -0.15) is 10.1 Å². The molecule has 0 radical (unpaired) electrons. The van der Waals surface area contributed by atoms with Gasteiger partial charge in [-0.3, -0.25) is 4.79 Å². The Balaban J connectivity index is 1.68. The summed E-state index contributed by atoms with van der Waals surface area (Å²) in [6.45, 7) is 8.04. The molecule has 0 aliphatic carbocycles. The van der Waals surface area contributed by atoms with E-state index in [1.807, 2.05) is 31.2 Å². The van der Waals surface area contributed by atoms with E-state index in [-0.39, 0.29) is 5.91 Å². The molecule has 0 saturated carbocycles. The molecule has 2 N–H and O–H groups in total. The summed E-state index contributed by atoms with van der Waals surface area (Å²) in [4.78, 5) is 20.0. The first kappa shape index (κ1) is 21.4. The second-order valence-corrected chi connectivity index (χ2v) is 7.54. The van der Waals surface area contributed by atoms with Crippen LogP contribution in [0.4, 0.5) is 17.3 Å². The predicted molar refractivity (Wildman–Crippen MR) is 126 cm³/mol. The molecule has 3 aromatic rings. The number of carbonyl (C=O) groups excluding carboxylic acids is 1. The molecule has 0 spiro atoms. The minimum absolute atomic E-state index is 0.195. The molecule has 1 atom stereocenters. The number of nitrogens with one attached hydrogen (secondary N) is 2. The van der Waals surface area contributed by atoms with Crippen LogP contribution in [0.15, 0.2) is 66.1 Å². The van der Waals surface area contributed by atoms with E-state index in [9.17, 15) is 4.79 Å². The van der Waals surface area contributed by atoms with Crippen LogP contribution in [-0.2, 0) is 4.79 Å². The summed E-state index contributed by atoms with van der Waals surface area (Å²) in [7, 11) is 1.61. The van der Waals surface area contributed by atoms with E-state index in [0.717, 1.165) is 35.8 Å². The number of fused-ring (bicyclic) bond motifs is 1. The van der Waals surface area contributed by atoms with Crippen LogP contribution in [0.5, 0.6) is 5.75 Å². The molecule has 2 aromatic carbocycles. The minimum Gasteiger partial charge on any atom is -0.497 e. The van der Waals surface area contributed by atoms with Crippen LogP contribution in [-0.4, -0.2) is 40.9 Å². The molecule has 0 bridgehead atoms. The summed E-state index contributed by atoms with van der Waals surface area (Å²) < 4.78 is 6.95. The SMILES string of the molecule is CCN(CC)c1ccc([C@H]2C(C(=O)Nc3ccc(OC)cc3)=C(C)Nc3ncnn32)cc1. The Labute approximate surface area is 187 Å². The van der Waals surface area contributed by atoms with Crippen molar-refractivity contribution in [2.45, 2.75) is 26.8 Å². The largest absolute Gasteiger partial charge is 0.497 e. The number of amides is 1. The van der Waals surface area contributed by atoms with Crippen molar-refractivity contribution in [3.05, 3.63) is 71.7 Å². The highest BCUT2D eigenvalue weighted by Gasteiger charge is 2.33. The summed E-state index contributed by atoms with van der Waals surface area (Å²) in [5, 5.41) is 10.6. The zero-order chi connectivity index (χ0) is 22.7. The van der Waals surface area contributed by atoms with Gasteiger partial charge < -0.3 is 20.3 Å². The van der Waals surface area contributed by atoms with E-state index in [2.05, 4.69) is 63.7 Å². The smallest absolute Gasteiger partial charge is 0.255 e. The molecule has 8 nitrogen and oxygen atoms in total. The van der Waals surface area contributed by atoms with Gasteiger partial charge in [0.2, 0.25) is 5.95 Å². The number of allylic oxidation sites excluding steroid dienone is 1. The van der Waals surface area contributed by atoms with Gasteiger partial charge in [-0.25, -0.2) is 4.68 Å². The van der Waals surface area contributed by atoms with Crippen molar-refractivity contribution in [1.82, 2.24) is 14.8 Å². The average Bonchev–Trinajstić information content (AvgIpc) is 3.28. The second-order valence-electron chi connectivity index (χ2n) is 7.54. The van der Waals surface area contributed by atoms with E-state index in [1.165, 1.54) is 6.33 Å². The first-order valence-corrected chi connectivity index (χ1v) is 10.7. The minimum atomic E-state index is -0.391. The first-order chi connectivity index (χ1) is 15.5. The molecule has 0 fully saturated rings. The van der Waals surface area contributed by atoms with Crippen molar-refractivity contribution in [1.29, 1.82) is 0 Å². The number of hydrogen-bond donors (Lipinski definition) is 2. The molecule has 1 aromatic heterocycles. The number of methoxy groups -OCH3 is 1. The maximum Gasteiger partial charge on any atom is 0.255 e. The number of rotatable bonds is 7. The fraction of sp³-hybridized carbons (Fsp3) is 0.292. The van der Waals surface area contributed by atoms with E-state index >= 15 is 0 Å². The van der Waals surface area contributed by atoms with Gasteiger partial charge in [0.15, 0.2) is 0 Å². The van der Waals surface area contributed by atoms with Crippen molar-refractivity contribution in [2.75, 3.05) is 35.7 Å². The number of aromatic nitrogens is 3. The highest BCUT2D eigenvalue weighted by molar-refractivity contribution is 6.06. The molecule has 166 valence electrons. The Morgan fingerprint density at radius 2 is 1.81 bits per heavy atom. The topological polar surface area (TPSA) is 84.3 Å². The lowest BCUT2D eigenvalue weighted by atomic mass is 9.94. The molecule has 4 rings (SSSR count). The number of hydrogen-bond acceptors (Lipinski definition) is 6. The normalized spacial score (nSPS) is 15.1. The van der Waals surface area contributed by atoms with Crippen LogP contribution in [0.2, 0.25) is 0 Å². The zero-order valence-corrected chi connectivity index (χ0v) is 18.8. The number of nitrogens with zero attached hydrogens (tertiary/aromatic N) is 4. The van der Waals surface area contributed by atoms with Gasteiger partial charge in [0.1, 0.15) is 18.1 Å². The number of benzene rings is 2. The van der Waals surface area contributed by atoms with Crippen LogP contribution in [0.25, 0.3) is 0 Å². The maximum absolute atomic E-state index is 13.4. The monoisotopic (exact) mass is 432 g/mol. The maximum atomic E-state index is 13.4. The molecular weight excluding hydrogens is 404 g/mol. The van der Waals surface area contributed by atoms with Gasteiger partial charge in [-0.15, -0.1) is 0 Å². The molecule has 1 amide bonds. The van der Waals surface area contributed by atoms with Crippen molar-refractivity contribution >= 4 is 23.2 Å². The van der Waals surface area contributed by atoms with E-state index in [1.54, 1.807) is 11.8 Å². The Kier molecular flexibility index (Phi) is 6.11. The quantitative estimate of drug-likeness (QED) is 0.586. The third-order valence-electron chi connectivity index (χ3n) is 5.72. The van der Waals surface area contributed by atoms with Crippen LogP contribution >= 0.6 is 0 Å². The van der Waals surface area contributed by atoms with Gasteiger partial charge in [-0.05, 0) is 62.7 Å². The van der Waals surface area contributed by atoms with Crippen molar-refractivity contribution in [3.63, 3.8) is 0 Å². The molecule has 0 unspecified atom stereocenters. The summed E-state index contributed by atoms with van der Waals surface area (Å²) in [6, 6.07) is 15.2. The number of carbonyl (C=O) groups is 1. The lowest BCUT2D eigenvalue weighted by Crippen LogP contribution is -2.31. The fourth-order valence-corrected chi connectivity index (χ4v) is 4.02. The molecular formula is C24H28N6O2. The number of anilines is 3. The fourth-order valence-electron chi connectivity index (χ4n) is 4.02. The average molecular weight is 433 g/mol. The highest BCUT2D eigenvalue weighted by atomic mass is 16.5. The molecule has 1 aliphatic rings. The third kappa shape index (κ3) is 4.03. The van der Waals surface area contributed by atoms with Crippen molar-refractivity contribution < 1.29 is 9.53 Å². The Hall–Kier alpha value is -3.81. The lowest BCUT2D eigenvalue weighted by molar-refractivity contribution is -0.113. The van der Waals surface area contributed by atoms with Crippen LogP contribution < -0.4 is 20.3 Å². The first-order valence-electron chi connectivity index (χ1n) is 10.7. The Bertz CT molecular complexity index is 1110. The zero-order valence-electron chi connectivity index (χ0n) is 18.8. The van der Waals surface area contributed by atoms with Crippen LogP contribution in [0.1, 0.15) is 32.4 Å². The van der Waals surface area contributed by atoms with Gasteiger partial charge >= 0.3 is 0 Å². The Morgan fingerprint density at radius 1 is 1.12 bits per heavy atom. The van der Waals surface area contributed by atoms with Crippen molar-refractivity contribution in [3.8, 4) is 5.75 Å². The van der Waals surface area contributed by atoms with E-state index in [4.69, 9.17) is 4.74 Å². The lowest BCUT2D eigenvalue weighted by Gasteiger charge is -2.29. The number of ether oxygens (including phenoxy) is 1. The van der Waals surface area contributed by atoms with Gasteiger partial charge in [-0.1, -0.05) is 12.1 Å². The molecule has 0 saturated heterocycles. The molecule has 8 heteroatoms. The summed E-state index contributed by atoms with van der Waals surface area (Å²) in [6.07, 6.45) is 1.50.